The quantitative estimate of drug-likeness (QED) is 0.460. The molecule has 2 aromatic carbocycles. The molecule has 2 amide bonds. The highest BCUT2D eigenvalue weighted by Crippen LogP contribution is 2.47. The van der Waals surface area contributed by atoms with Crippen molar-refractivity contribution in [3.63, 3.8) is 0 Å². The molecule has 1 aromatic heterocycles. The molecule has 10 nitrogen and oxygen atoms in total. The number of hydrogen-bond acceptors (Lipinski definition) is 6. The molecule has 228 valence electrons. The number of likely N-dealkylation sites (N-methyl/N-ethyl adjacent to an activating group) is 2. The van der Waals surface area contributed by atoms with Crippen LogP contribution < -0.4 is 9.46 Å². The Labute approximate surface area is 274 Å². The van der Waals surface area contributed by atoms with E-state index in [9.17, 15) is 20.7 Å². The lowest BCUT2D eigenvalue weighted by Crippen LogP contribution is -2.42. The van der Waals surface area contributed by atoms with E-state index in [2.05, 4.69) is 4.74 Å². The van der Waals surface area contributed by atoms with Gasteiger partial charge in [-0.15, -0.1) is 0 Å². The second kappa shape index (κ2) is 11.8. The topological polar surface area (TPSA) is 110 Å². The third kappa shape index (κ3) is 5.57. The largest absolute Gasteiger partial charge is 0.497 e. The summed E-state index contributed by atoms with van der Waals surface area (Å²) in [5, 5.41) is 0.310. The van der Waals surface area contributed by atoms with Crippen LogP contribution in [0.2, 0.25) is 0 Å². The standard InChI is InChI=1S/C32H38N4O6S/c1-34-13-15-42-16-14-35(2)43(39,40)33-31(37)22-9-11-27-28(19-22)36-20-24(32(34)38)17-23-18-25(41-3)10-12-26(23)30(36)29(27)21-7-5-4-6-8-21/h9-12,17-19,21H,4-8,13-16,20H2,1-3H3,(H,33,37)/i1D3,2D3,13D2,14D2,15D2,16D2,20D2. The van der Waals surface area contributed by atoms with E-state index in [0.717, 1.165) is 42.0 Å². The lowest BCUT2D eigenvalue weighted by molar-refractivity contribution is -0.126. The number of carbonyl (C=O) groups is 2. The van der Waals surface area contributed by atoms with Gasteiger partial charge in [0.05, 0.1) is 43.4 Å². The zero-order chi connectivity index (χ0) is 44.3. The minimum absolute atomic E-state index is 0.0632. The molecule has 0 atom stereocenters. The van der Waals surface area contributed by atoms with Crippen LogP contribution in [0.4, 0.5) is 0 Å². The molecule has 3 aromatic rings. The second-order valence-corrected chi connectivity index (χ2v) is 11.7. The van der Waals surface area contributed by atoms with Gasteiger partial charge in [-0.1, -0.05) is 25.3 Å². The Kier molecular flexibility index (Phi) is 4.35. The van der Waals surface area contributed by atoms with Gasteiger partial charge >= 0.3 is 10.2 Å². The van der Waals surface area contributed by atoms with E-state index in [4.69, 9.17) is 23.9 Å². The molecule has 0 radical (unpaired) electrons. The first-order valence-electron chi connectivity index (χ1n) is 21.3. The minimum Gasteiger partial charge on any atom is -0.497 e. The van der Waals surface area contributed by atoms with Gasteiger partial charge in [-0.2, -0.15) is 12.7 Å². The number of rotatable bonds is 2. The van der Waals surface area contributed by atoms with Gasteiger partial charge in [-0.3, -0.25) is 9.59 Å². The lowest BCUT2D eigenvalue weighted by Gasteiger charge is -2.24. The van der Waals surface area contributed by atoms with Crippen LogP contribution in [0.3, 0.4) is 0 Å². The van der Waals surface area contributed by atoms with Gasteiger partial charge in [-0.25, -0.2) is 4.72 Å². The molecular weight excluding hydrogens is 568 g/mol. The summed E-state index contributed by atoms with van der Waals surface area (Å²) in [6.45, 7) is -29.5. The molecule has 3 aliphatic rings. The highest BCUT2D eigenvalue weighted by molar-refractivity contribution is 7.87. The van der Waals surface area contributed by atoms with Crippen molar-refractivity contribution < 1.29 is 49.4 Å². The zero-order valence-corrected chi connectivity index (χ0v) is 23.7. The second-order valence-electron chi connectivity index (χ2n) is 10.2. The van der Waals surface area contributed by atoms with E-state index in [1.807, 2.05) is 0 Å². The fourth-order valence-electron chi connectivity index (χ4n) is 5.67. The van der Waals surface area contributed by atoms with Gasteiger partial charge in [0.15, 0.2) is 0 Å². The van der Waals surface area contributed by atoms with Crippen LogP contribution in [0.5, 0.6) is 5.75 Å². The number of nitrogens with zero attached hydrogens (tertiary/aromatic N) is 3. The Morgan fingerprint density at radius 1 is 1.05 bits per heavy atom. The molecule has 0 saturated heterocycles. The highest BCUT2D eigenvalue weighted by Gasteiger charge is 2.31. The fraction of sp³-hybridized carbons (Fsp3) is 0.438. The smallest absolute Gasteiger partial charge is 0.303 e. The zero-order valence-electron chi connectivity index (χ0n) is 38.9. The maximum absolute atomic E-state index is 14.9. The van der Waals surface area contributed by atoms with Gasteiger partial charge in [0.1, 0.15) is 5.75 Å². The van der Waals surface area contributed by atoms with Crippen molar-refractivity contribution in [2.75, 3.05) is 47.2 Å². The summed E-state index contributed by atoms with van der Waals surface area (Å²) in [6, 6.07) is 8.01. The SMILES string of the molecule is [2H]C([2H])([2H])N1C(=O)C2=Cc3cc(OC)ccc3-c3c(C4CCCCC4)c4ccc(cc4n3C2([2H])[2H])C(=O)NS(=O)(=O)N(C([2H])([2H])[2H])C([2H])([2H])C([2H])([2H])OC([2H])([2H])C1([2H])[2H]. The number of carbonyl (C=O) groups excluding carboxylic acids is 2. The summed E-state index contributed by atoms with van der Waals surface area (Å²) in [5.41, 5.74) is -0.825. The summed E-state index contributed by atoms with van der Waals surface area (Å²) in [4.78, 5) is 28.0. The van der Waals surface area contributed by atoms with Crippen molar-refractivity contribution in [2.24, 2.45) is 0 Å². The van der Waals surface area contributed by atoms with Gasteiger partial charge in [0, 0.05) is 65.5 Å². The maximum Gasteiger partial charge on any atom is 0.303 e. The summed E-state index contributed by atoms with van der Waals surface area (Å²) in [7, 11) is -4.73. The Hall–Kier alpha value is -3.67. The summed E-state index contributed by atoms with van der Waals surface area (Å²) >= 11 is 0. The number of amides is 2. The summed E-state index contributed by atoms with van der Waals surface area (Å²) < 4.78 is 174. The summed E-state index contributed by atoms with van der Waals surface area (Å²) in [5.74, 6) is -3.68. The average Bonchev–Trinajstić information content (AvgIpc) is 3.38. The molecule has 3 heterocycles. The van der Waals surface area contributed by atoms with Crippen LogP contribution in [0.25, 0.3) is 28.2 Å². The number of aromatic nitrogens is 1. The van der Waals surface area contributed by atoms with Gasteiger partial charge in [0.25, 0.3) is 11.8 Å². The third-order valence-corrected chi connectivity index (χ3v) is 8.65. The van der Waals surface area contributed by atoms with E-state index in [1.165, 1.54) is 30.0 Å². The van der Waals surface area contributed by atoms with E-state index >= 15 is 0 Å². The van der Waals surface area contributed by atoms with Crippen molar-refractivity contribution in [3.05, 3.63) is 58.7 Å². The Bertz CT molecular complexity index is 2370. The van der Waals surface area contributed by atoms with Crippen molar-refractivity contribution in [1.29, 1.82) is 0 Å². The Morgan fingerprint density at radius 3 is 2.63 bits per heavy atom. The number of hydrogen-bond donors (Lipinski definition) is 1. The van der Waals surface area contributed by atoms with Crippen molar-refractivity contribution in [2.45, 2.75) is 44.5 Å². The Morgan fingerprint density at radius 2 is 1.86 bits per heavy atom. The van der Waals surface area contributed by atoms with E-state index < -0.39 is 88.9 Å². The van der Waals surface area contributed by atoms with Crippen molar-refractivity contribution in [1.82, 2.24) is 18.5 Å². The molecule has 4 bridgehead atoms. The molecule has 2 aliphatic heterocycles. The fourth-order valence-corrected chi connectivity index (χ4v) is 6.27. The number of fused-ring (bicyclic) bond motifs is 4. The van der Waals surface area contributed by atoms with Crippen LogP contribution in [0, 0.1) is 0 Å². The van der Waals surface area contributed by atoms with E-state index in [-0.39, 0.29) is 34.0 Å². The Balaban J connectivity index is 1.79. The first-order chi connectivity index (χ1) is 26.8. The molecule has 0 unspecified atom stereocenters. The van der Waals surface area contributed by atoms with Crippen LogP contribution in [-0.2, 0) is 26.2 Å². The molecule has 1 saturated carbocycles. The van der Waals surface area contributed by atoms with Gasteiger partial charge in [0.2, 0.25) is 0 Å². The molecule has 1 fully saturated rings. The molecule has 1 aliphatic carbocycles. The third-order valence-electron chi connectivity index (χ3n) is 7.63. The minimum atomic E-state index is -6.05. The van der Waals surface area contributed by atoms with Gasteiger partial charge in [-0.05, 0) is 66.3 Å². The first kappa shape index (κ1) is 15.9. The molecular formula is C32H38N4O6S. The first-order valence-corrected chi connectivity index (χ1v) is 14.8. The van der Waals surface area contributed by atoms with Crippen molar-refractivity contribution >= 4 is 39.0 Å². The molecule has 6 rings (SSSR count). The summed E-state index contributed by atoms with van der Waals surface area (Å²) in [6.07, 6.45) is 4.61. The number of ether oxygens (including phenoxy) is 2. The average molecular weight is 623 g/mol. The van der Waals surface area contributed by atoms with Crippen LogP contribution in [0.15, 0.2) is 42.0 Å². The predicted octanol–water partition coefficient (Wildman–Crippen LogP) is 4.16. The predicted molar refractivity (Wildman–Crippen MR) is 165 cm³/mol. The normalized spacial score (nSPS) is 32.4. The molecule has 0 spiro atoms. The molecule has 11 heteroatoms. The van der Waals surface area contributed by atoms with Gasteiger partial charge < -0.3 is 18.9 Å². The number of benzene rings is 2. The van der Waals surface area contributed by atoms with Crippen molar-refractivity contribution in [3.8, 4) is 17.0 Å². The van der Waals surface area contributed by atoms with Crippen LogP contribution in [0.1, 0.15) is 81.4 Å². The molecule has 1 N–H and O–H groups in total. The monoisotopic (exact) mass is 622 g/mol. The lowest BCUT2D eigenvalue weighted by atomic mass is 9.81. The highest BCUT2D eigenvalue weighted by atomic mass is 32.2. The van der Waals surface area contributed by atoms with E-state index in [1.54, 1.807) is 6.07 Å². The number of nitrogens with one attached hydrogen (secondary N) is 1. The van der Waals surface area contributed by atoms with Crippen LogP contribution in [-0.4, -0.2) is 81.2 Å². The number of methoxy groups -OCH3 is 1. The van der Waals surface area contributed by atoms with E-state index in [0.29, 0.717) is 23.8 Å². The van der Waals surface area contributed by atoms with Crippen LogP contribution >= 0.6 is 0 Å². The molecule has 43 heavy (non-hydrogen) atoms. The maximum atomic E-state index is 14.9.